The van der Waals surface area contributed by atoms with Gasteiger partial charge in [0.25, 0.3) is 5.91 Å². The van der Waals surface area contributed by atoms with E-state index in [2.05, 4.69) is 9.89 Å². The zero-order chi connectivity index (χ0) is 15.7. The van der Waals surface area contributed by atoms with E-state index >= 15 is 0 Å². The summed E-state index contributed by atoms with van der Waals surface area (Å²) in [6.07, 6.45) is 1.92. The van der Waals surface area contributed by atoms with Crippen LogP contribution >= 0.6 is 11.8 Å². The lowest BCUT2D eigenvalue weighted by Gasteiger charge is -2.35. The van der Waals surface area contributed by atoms with Crippen molar-refractivity contribution in [2.75, 3.05) is 13.1 Å². The van der Waals surface area contributed by atoms with Gasteiger partial charge >= 0.3 is 0 Å². The van der Waals surface area contributed by atoms with Gasteiger partial charge < -0.3 is 14.7 Å². The Hall–Kier alpha value is -1.79. The largest absolute Gasteiger partial charge is 0.507 e. The van der Waals surface area contributed by atoms with Crippen LogP contribution < -0.4 is 0 Å². The zero-order valence-electron chi connectivity index (χ0n) is 12.5. The first-order valence-corrected chi connectivity index (χ1v) is 8.05. The fourth-order valence-electron chi connectivity index (χ4n) is 2.62. The maximum absolute atomic E-state index is 12.1. The maximum atomic E-state index is 12.1. The number of hydrogen-bond acceptors (Lipinski definition) is 5. The highest BCUT2D eigenvalue weighted by molar-refractivity contribution is 8.18. The van der Waals surface area contributed by atoms with E-state index in [1.54, 1.807) is 24.3 Å². The number of phenols is 1. The van der Waals surface area contributed by atoms with Gasteiger partial charge in [-0.25, -0.2) is 0 Å². The molecule has 1 N–H and O–H groups in total. The average Bonchev–Trinajstić information content (AvgIpc) is 2.82. The Morgan fingerprint density at radius 1 is 1.32 bits per heavy atom. The molecule has 0 radical (unpaired) electrons. The molecule has 0 aromatic heterocycles. The first-order valence-electron chi connectivity index (χ1n) is 7.24. The fraction of sp³-hybridized carbons (Fsp3) is 0.375. The van der Waals surface area contributed by atoms with Crippen LogP contribution in [0.25, 0.3) is 6.08 Å². The number of aliphatic imine (C=N–C) groups is 1. The van der Waals surface area contributed by atoms with E-state index < -0.39 is 0 Å². The molecule has 1 aromatic rings. The molecule has 5 nitrogen and oxygen atoms in total. The fourth-order valence-corrected chi connectivity index (χ4v) is 3.54. The molecular weight excluding hydrogens is 300 g/mol. The Bertz CT molecular complexity index is 647. The molecule has 1 fully saturated rings. The summed E-state index contributed by atoms with van der Waals surface area (Å²) in [5.41, 5.74) is 0.624. The molecule has 0 aliphatic carbocycles. The molecule has 0 saturated carbocycles. The van der Waals surface area contributed by atoms with Gasteiger partial charge in [-0.1, -0.05) is 18.2 Å². The number of thioether (sulfide) groups is 1. The first kappa shape index (κ1) is 15.1. The lowest BCUT2D eigenvalue weighted by atomic mass is 10.2. The minimum absolute atomic E-state index is 0.119. The summed E-state index contributed by atoms with van der Waals surface area (Å²) in [5, 5.41) is 10.5. The van der Waals surface area contributed by atoms with Crippen LogP contribution in [0.1, 0.15) is 19.4 Å². The third-order valence-electron chi connectivity index (χ3n) is 3.52. The second-order valence-electron chi connectivity index (χ2n) is 5.53. The highest BCUT2D eigenvalue weighted by Gasteiger charge is 2.31. The topological polar surface area (TPSA) is 62.1 Å². The first-order chi connectivity index (χ1) is 10.5. The van der Waals surface area contributed by atoms with E-state index in [0.717, 1.165) is 13.1 Å². The van der Waals surface area contributed by atoms with Crippen molar-refractivity contribution in [3.63, 3.8) is 0 Å². The van der Waals surface area contributed by atoms with Crippen molar-refractivity contribution in [1.82, 2.24) is 4.90 Å². The number of para-hydroxylation sites is 1. The quantitative estimate of drug-likeness (QED) is 0.806. The molecule has 1 aromatic carbocycles. The molecule has 3 rings (SSSR count). The van der Waals surface area contributed by atoms with E-state index in [9.17, 15) is 9.90 Å². The second-order valence-corrected chi connectivity index (χ2v) is 6.54. The van der Waals surface area contributed by atoms with Crippen LogP contribution in [0.15, 0.2) is 34.2 Å². The van der Waals surface area contributed by atoms with Crippen molar-refractivity contribution in [1.29, 1.82) is 0 Å². The van der Waals surface area contributed by atoms with E-state index in [0.29, 0.717) is 15.6 Å². The zero-order valence-corrected chi connectivity index (χ0v) is 13.3. The molecule has 0 spiro atoms. The molecule has 2 heterocycles. The number of morpholine rings is 1. The highest BCUT2D eigenvalue weighted by Crippen LogP contribution is 2.32. The van der Waals surface area contributed by atoms with Crippen molar-refractivity contribution < 1.29 is 14.6 Å². The maximum Gasteiger partial charge on any atom is 0.286 e. The molecule has 0 bridgehead atoms. The number of carbonyl (C=O) groups is 1. The van der Waals surface area contributed by atoms with Gasteiger partial charge in [-0.15, -0.1) is 0 Å². The predicted molar refractivity (Wildman–Crippen MR) is 87.7 cm³/mol. The molecule has 0 unspecified atom stereocenters. The van der Waals surface area contributed by atoms with Crippen LogP contribution in [0.3, 0.4) is 0 Å². The standard InChI is InChI=1S/C16H18N2O3S/c1-10-8-18(9-11(2)21-10)16-17-15(20)14(22-16)7-12-5-3-4-6-13(12)19/h3-7,10-11,19H,8-9H2,1-2H3/b14-7+/t10-,11+. The molecule has 2 atom stereocenters. The van der Waals surface area contributed by atoms with E-state index in [1.807, 2.05) is 19.9 Å². The minimum atomic E-state index is -0.255. The molecule has 2 aliphatic rings. The van der Waals surface area contributed by atoms with Gasteiger partial charge in [0.1, 0.15) is 5.75 Å². The van der Waals surface area contributed by atoms with Gasteiger partial charge in [-0.3, -0.25) is 4.79 Å². The van der Waals surface area contributed by atoms with Gasteiger partial charge in [-0.2, -0.15) is 4.99 Å². The number of carbonyl (C=O) groups excluding carboxylic acids is 1. The number of aromatic hydroxyl groups is 1. The third-order valence-corrected chi connectivity index (χ3v) is 4.57. The van der Waals surface area contributed by atoms with Crippen LogP contribution in [0, 0.1) is 0 Å². The highest BCUT2D eigenvalue weighted by atomic mass is 32.2. The summed E-state index contributed by atoms with van der Waals surface area (Å²) in [5.74, 6) is -0.0967. The van der Waals surface area contributed by atoms with Gasteiger partial charge in [0.05, 0.1) is 17.1 Å². The number of ether oxygens (including phenoxy) is 1. The molecule has 1 amide bonds. The smallest absolute Gasteiger partial charge is 0.286 e. The van der Waals surface area contributed by atoms with Crippen molar-refractivity contribution in [2.24, 2.45) is 4.99 Å². The summed E-state index contributed by atoms with van der Waals surface area (Å²) in [4.78, 5) is 18.9. The summed E-state index contributed by atoms with van der Waals surface area (Å²) >= 11 is 1.35. The van der Waals surface area contributed by atoms with Crippen LogP contribution in [-0.2, 0) is 9.53 Å². The molecule has 116 valence electrons. The Balaban J connectivity index is 1.78. The molecule has 6 heteroatoms. The van der Waals surface area contributed by atoms with Crippen LogP contribution in [0.5, 0.6) is 5.75 Å². The molecule has 22 heavy (non-hydrogen) atoms. The normalized spacial score (nSPS) is 27.4. The van der Waals surface area contributed by atoms with Gasteiger partial charge in [0, 0.05) is 18.7 Å². The van der Waals surface area contributed by atoms with Crippen LogP contribution in [0.2, 0.25) is 0 Å². The monoisotopic (exact) mass is 318 g/mol. The summed E-state index contributed by atoms with van der Waals surface area (Å²) in [6.45, 7) is 5.49. The van der Waals surface area contributed by atoms with Crippen LogP contribution in [-0.4, -0.2) is 46.4 Å². The number of amidine groups is 1. The Morgan fingerprint density at radius 2 is 2.00 bits per heavy atom. The lowest BCUT2D eigenvalue weighted by molar-refractivity contribution is -0.113. The van der Waals surface area contributed by atoms with Crippen molar-refractivity contribution in [3.05, 3.63) is 34.7 Å². The van der Waals surface area contributed by atoms with E-state index in [-0.39, 0.29) is 23.9 Å². The van der Waals surface area contributed by atoms with E-state index in [4.69, 9.17) is 4.74 Å². The summed E-state index contributed by atoms with van der Waals surface area (Å²) in [6, 6.07) is 6.94. The average molecular weight is 318 g/mol. The number of amides is 1. The molecule has 1 saturated heterocycles. The number of hydrogen-bond donors (Lipinski definition) is 1. The number of benzene rings is 1. The second kappa shape index (κ2) is 6.14. The Morgan fingerprint density at radius 3 is 2.68 bits per heavy atom. The van der Waals surface area contributed by atoms with Gasteiger partial charge in [0.15, 0.2) is 5.17 Å². The third kappa shape index (κ3) is 3.18. The van der Waals surface area contributed by atoms with Crippen molar-refractivity contribution in [3.8, 4) is 5.75 Å². The van der Waals surface area contributed by atoms with Gasteiger partial charge in [0.2, 0.25) is 0 Å². The van der Waals surface area contributed by atoms with E-state index in [1.165, 1.54) is 11.8 Å². The van der Waals surface area contributed by atoms with Crippen molar-refractivity contribution >= 4 is 28.9 Å². The number of phenolic OH excluding ortho intramolecular Hbond substituents is 1. The number of rotatable bonds is 1. The van der Waals surface area contributed by atoms with Gasteiger partial charge in [-0.05, 0) is 37.8 Å². The van der Waals surface area contributed by atoms with Crippen molar-refractivity contribution in [2.45, 2.75) is 26.1 Å². The van der Waals surface area contributed by atoms with Crippen LogP contribution in [0.4, 0.5) is 0 Å². The number of nitrogens with zero attached hydrogens (tertiary/aromatic N) is 2. The SMILES string of the molecule is C[C@@H]1CN(C2=NC(=O)/C(=C\c3ccccc3O)S2)C[C@H](C)O1. The Kier molecular flexibility index (Phi) is 4.22. The Labute approximate surface area is 133 Å². The lowest BCUT2D eigenvalue weighted by Crippen LogP contribution is -2.47. The summed E-state index contributed by atoms with van der Waals surface area (Å²) < 4.78 is 5.70. The minimum Gasteiger partial charge on any atom is -0.507 e. The predicted octanol–water partition coefficient (Wildman–Crippen LogP) is 2.47. The molecule has 2 aliphatic heterocycles. The molecular formula is C16H18N2O3S. The summed E-state index contributed by atoms with van der Waals surface area (Å²) in [7, 11) is 0.